The minimum Gasteiger partial charge on any atom is -0.424 e. The van der Waals surface area contributed by atoms with Crippen LogP contribution in [-0.2, 0) is 0 Å². The van der Waals surface area contributed by atoms with Crippen LogP contribution in [0.2, 0.25) is 0 Å². The highest BCUT2D eigenvalue weighted by Crippen LogP contribution is 2.21. The third kappa shape index (κ3) is 5.27. The Morgan fingerprint density at radius 2 is 1.97 bits per heavy atom. The van der Waals surface area contributed by atoms with Crippen molar-refractivity contribution in [2.24, 2.45) is 0 Å². The van der Waals surface area contributed by atoms with E-state index in [1.807, 2.05) is 6.92 Å². The SMILES string of the molecule is Cc1ccnc(Oc2ccc(NC(=O)c3cn(C4CCNCC4)nn3)cc2)n1.Cl. The molecule has 0 bridgehead atoms. The molecule has 3 aromatic rings. The molecule has 3 heterocycles. The van der Waals surface area contributed by atoms with Crippen LogP contribution < -0.4 is 15.4 Å². The Hall–Kier alpha value is -3.04. The second-order valence-corrected chi connectivity index (χ2v) is 6.63. The van der Waals surface area contributed by atoms with Crippen molar-refractivity contribution in [2.45, 2.75) is 25.8 Å². The molecule has 2 aromatic heterocycles. The van der Waals surface area contributed by atoms with E-state index in [2.05, 4.69) is 30.9 Å². The number of aryl methyl sites for hydroxylation is 1. The lowest BCUT2D eigenvalue weighted by molar-refractivity contribution is 0.102. The average Bonchev–Trinajstić information content (AvgIpc) is 3.21. The summed E-state index contributed by atoms with van der Waals surface area (Å²) in [6, 6.07) is 9.36. The molecule has 2 N–H and O–H groups in total. The first kappa shape index (κ1) is 20.7. The van der Waals surface area contributed by atoms with Gasteiger partial charge in [-0.3, -0.25) is 4.79 Å². The normalized spacial score (nSPS) is 14.1. The number of nitrogens with zero attached hydrogens (tertiary/aromatic N) is 5. The van der Waals surface area contributed by atoms with Gasteiger partial charge in [0, 0.05) is 17.6 Å². The van der Waals surface area contributed by atoms with Crippen molar-refractivity contribution in [3.05, 3.63) is 54.1 Å². The Balaban J connectivity index is 0.00000240. The quantitative estimate of drug-likeness (QED) is 0.659. The summed E-state index contributed by atoms with van der Waals surface area (Å²) >= 11 is 0. The summed E-state index contributed by atoms with van der Waals surface area (Å²) in [5, 5.41) is 14.3. The molecule has 0 aliphatic carbocycles. The molecule has 152 valence electrons. The molecule has 1 aromatic carbocycles. The maximum absolute atomic E-state index is 12.4. The first-order valence-electron chi connectivity index (χ1n) is 9.19. The second kappa shape index (κ2) is 9.44. The van der Waals surface area contributed by atoms with Crippen LogP contribution in [0.3, 0.4) is 0 Å². The first-order chi connectivity index (χ1) is 13.7. The monoisotopic (exact) mass is 415 g/mol. The number of rotatable bonds is 5. The summed E-state index contributed by atoms with van der Waals surface area (Å²) in [6.07, 6.45) is 5.31. The van der Waals surface area contributed by atoms with E-state index in [1.165, 1.54) is 0 Å². The van der Waals surface area contributed by atoms with Gasteiger partial charge in [0.15, 0.2) is 5.69 Å². The van der Waals surface area contributed by atoms with Crippen molar-refractivity contribution < 1.29 is 9.53 Å². The first-order valence-corrected chi connectivity index (χ1v) is 9.19. The van der Waals surface area contributed by atoms with E-state index >= 15 is 0 Å². The molecule has 1 saturated heterocycles. The highest BCUT2D eigenvalue weighted by Gasteiger charge is 2.18. The topological polar surface area (TPSA) is 107 Å². The molecule has 0 atom stereocenters. The van der Waals surface area contributed by atoms with Gasteiger partial charge in [-0.1, -0.05) is 5.21 Å². The largest absolute Gasteiger partial charge is 0.424 e. The molecule has 1 aliphatic rings. The number of piperidine rings is 1. The number of anilines is 1. The van der Waals surface area contributed by atoms with Gasteiger partial charge in [-0.05, 0) is 63.2 Å². The van der Waals surface area contributed by atoms with Crippen molar-refractivity contribution in [3.8, 4) is 11.8 Å². The molecule has 1 amide bonds. The van der Waals surface area contributed by atoms with Gasteiger partial charge < -0.3 is 15.4 Å². The number of aromatic nitrogens is 5. The Morgan fingerprint density at radius 3 is 2.69 bits per heavy atom. The van der Waals surface area contributed by atoms with Crippen molar-refractivity contribution >= 4 is 24.0 Å². The second-order valence-electron chi connectivity index (χ2n) is 6.63. The summed E-state index contributed by atoms with van der Waals surface area (Å²) in [5.74, 6) is 0.288. The third-order valence-corrected chi connectivity index (χ3v) is 4.52. The minimum absolute atomic E-state index is 0. The summed E-state index contributed by atoms with van der Waals surface area (Å²) in [7, 11) is 0. The highest BCUT2D eigenvalue weighted by atomic mass is 35.5. The molecular formula is C19H22ClN7O2. The van der Waals surface area contributed by atoms with Crippen LogP contribution in [0.4, 0.5) is 5.69 Å². The van der Waals surface area contributed by atoms with Gasteiger partial charge in [0.2, 0.25) is 0 Å². The molecule has 0 radical (unpaired) electrons. The molecule has 0 spiro atoms. The number of ether oxygens (including phenoxy) is 1. The smallest absolute Gasteiger partial charge is 0.322 e. The van der Waals surface area contributed by atoms with Crippen LogP contribution in [0.5, 0.6) is 11.8 Å². The number of benzene rings is 1. The van der Waals surface area contributed by atoms with Gasteiger partial charge in [-0.2, -0.15) is 0 Å². The van der Waals surface area contributed by atoms with Crippen molar-refractivity contribution in [2.75, 3.05) is 18.4 Å². The van der Waals surface area contributed by atoms with Gasteiger partial charge >= 0.3 is 6.01 Å². The molecular weight excluding hydrogens is 394 g/mol. The third-order valence-electron chi connectivity index (χ3n) is 4.52. The van der Waals surface area contributed by atoms with E-state index in [4.69, 9.17) is 4.74 Å². The number of carbonyl (C=O) groups excluding carboxylic acids is 1. The van der Waals surface area contributed by atoms with E-state index < -0.39 is 0 Å². The Labute approximate surface area is 174 Å². The standard InChI is InChI=1S/C19H21N7O2.ClH/c1-13-6-11-21-19(22-13)28-16-4-2-14(3-5-16)23-18(27)17-12-26(25-24-17)15-7-9-20-10-8-15;/h2-6,11-12,15,20H,7-10H2,1H3,(H,23,27);1H. The maximum atomic E-state index is 12.4. The molecule has 9 nitrogen and oxygen atoms in total. The minimum atomic E-state index is -0.295. The lowest BCUT2D eigenvalue weighted by atomic mass is 10.1. The van der Waals surface area contributed by atoms with Crippen molar-refractivity contribution in [1.29, 1.82) is 0 Å². The fourth-order valence-electron chi connectivity index (χ4n) is 3.01. The van der Waals surface area contributed by atoms with Gasteiger partial charge in [0.25, 0.3) is 5.91 Å². The highest BCUT2D eigenvalue weighted by molar-refractivity contribution is 6.02. The fraction of sp³-hybridized carbons (Fsp3) is 0.316. The van der Waals surface area contributed by atoms with Gasteiger partial charge in [-0.25, -0.2) is 14.6 Å². The van der Waals surface area contributed by atoms with Crippen LogP contribution in [-0.4, -0.2) is 44.0 Å². The van der Waals surface area contributed by atoms with Crippen molar-refractivity contribution in [1.82, 2.24) is 30.3 Å². The van der Waals surface area contributed by atoms with Crippen LogP contribution in [0.25, 0.3) is 0 Å². The molecule has 0 saturated carbocycles. The molecule has 1 aliphatic heterocycles. The number of amides is 1. The number of carbonyl (C=O) groups is 1. The molecule has 10 heteroatoms. The number of hydrogen-bond acceptors (Lipinski definition) is 7. The number of hydrogen-bond donors (Lipinski definition) is 2. The summed E-state index contributed by atoms with van der Waals surface area (Å²) in [5.41, 5.74) is 1.76. The van der Waals surface area contributed by atoms with Crippen LogP contribution >= 0.6 is 12.4 Å². The maximum Gasteiger partial charge on any atom is 0.322 e. The molecule has 0 unspecified atom stereocenters. The zero-order valence-electron chi connectivity index (χ0n) is 15.9. The summed E-state index contributed by atoms with van der Waals surface area (Å²) in [4.78, 5) is 20.7. The Bertz CT molecular complexity index is 955. The lowest BCUT2D eigenvalue weighted by Gasteiger charge is -2.22. The molecule has 1 fully saturated rings. The predicted octanol–water partition coefficient (Wildman–Crippen LogP) is 2.77. The number of nitrogens with one attached hydrogen (secondary N) is 2. The Kier molecular flexibility index (Phi) is 6.73. The number of halogens is 1. The van der Waals surface area contributed by atoms with Gasteiger partial charge in [0.05, 0.1) is 12.2 Å². The van der Waals surface area contributed by atoms with Crippen LogP contribution in [0.15, 0.2) is 42.7 Å². The van der Waals surface area contributed by atoms with Crippen LogP contribution in [0.1, 0.15) is 35.1 Å². The van der Waals surface area contributed by atoms with E-state index in [1.54, 1.807) is 47.4 Å². The van der Waals surface area contributed by atoms with Crippen molar-refractivity contribution in [3.63, 3.8) is 0 Å². The fourth-order valence-corrected chi connectivity index (χ4v) is 3.01. The van der Waals surface area contributed by atoms with Gasteiger partial charge in [-0.15, -0.1) is 17.5 Å². The summed E-state index contributed by atoms with van der Waals surface area (Å²) < 4.78 is 7.39. The van der Waals surface area contributed by atoms with E-state index in [0.29, 0.717) is 17.1 Å². The van der Waals surface area contributed by atoms with E-state index in [-0.39, 0.29) is 30.4 Å². The lowest BCUT2D eigenvalue weighted by Crippen LogP contribution is -2.29. The average molecular weight is 416 g/mol. The van der Waals surface area contributed by atoms with E-state index in [0.717, 1.165) is 31.6 Å². The van der Waals surface area contributed by atoms with Crippen LogP contribution in [0, 0.1) is 6.92 Å². The Morgan fingerprint density at radius 1 is 1.21 bits per heavy atom. The predicted molar refractivity (Wildman–Crippen MR) is 110 cm³/mol. The van der Waals surface area contributed by atoms with Gasteiger partial charge in [0.1, 0.15) is 5.75 Å². The zero-order valence-corrected chi connectivity index (χ0v) is 16.7. The summed E-state index contributed by atoms with van der Waals surface area (Å²) in [6.45, 7) is 3.77. The molecule has 4 rings (SSSR count). The van der Waals surface area contributed by atoms with E-state index in [9.17, 15) is 4.79 Å². The molecule has 29 heavy (non-hydrogen) atoms. The zero-order chi connectivity index (χ0) is 19.3.